The summed E-state index contributed by atoms with van der Waals surface area (Å²) in [5.74, 6) is 0.467. The number of carbonyl (C=O) groups is 2. The van der Waals surface area contributed by atoms with Crippen LogP contribution in [0, 0.1) is 6.92 Å². The molecule has 32 heavy (non-hydrogen) atoms. The van der Waals surface area contributed by atoms with E-state index in [-0.39, 0.29) is 11.8 Å². The second-order valence-electron chi connectivity index (χ2n) is 8.91. The van der Waals surface area contributed by atoms with Crippen molar-refractivity contribution < 1.29 is 9.59 Å². The van der Waals surface area contributed by atoms with Gasteiger partial charge in [0.05, 0.1) is 0 Å². The predicted octanol–water partition coefficient (Wildman–Crippen LogP) is 5.77. The standard InChI is InChI=1S/C28H40N2O2/c1-6-8-19-29-28(32)26(7-2)30(20-25-12-10-9-11-22(25)5)27(31)18-15-23-13-16-24(17-14-23)21(3)4/h9-14,16-17,21,26H,6-8,15,18-20H2,1-5H3,(H,29,32)/t26-/m0/s1. The van der Waals surface area contributed by atoms with Crippen molar-refractivity contribution in [1.29, 1.82) is 0 Å². The number of rotatable bonds is 12. The Bertz CT molecular complexity index is 858. The lowest BCUT2D eigenvalue weighted by atomic mass is 10.00. The summed E-state index contributed by atoms with van der Waals surface area (Å²) in [6.45, 7) is 11.6. The molecule has 2 aromatic rings. The van der Waals surface area contributed by atoms with E-state index in [1.807, 2.05) is 25.1 Å². The number of nitrogens with zero attached hydrogens (tertiary/aromatic N) is 1. The Balaban J connectivity index is 2.16. The van der Waals surface area contributed by atoms with Crippen LogP contribution < -0.4 is 5.32 Å². The molecule has 0 radical (unpaired) electrons. The molecule has 4 heteroatoms. The maximum absolute atomic E-state index is 13.4. The lowest BCUT2D eigenvalue weighted by Crippen LogP contribution is -2.49. The van der Waals surface area contributed by atoms with Crippen molar-refractivity contribution in [3.63, 3.8) is 0 Å². The van der Waals surface area contributed by atoms with Gasteiger partial charge in [-0.2, -0.15) is 0 Å². The van der Waals surface area contributed by atoms with E-state index in [1.54, 1.807) is 4.90 Å². The first-order valence-corrected chi connectivity index (χ1v) is 12.1. The molecule has 0 spiro atoms. The van der Waals surface area contributed by atoms with Crippen LogP contribution in [0.15, 0.2) is 48.5 Å². The Morgan fingerprint density at radius 2 is 1.69 bits per heavy atom. The summed E-state index contributed by atoms with van der Waals surface area (Å²) in [4.78, 5) is 28.1. The summed E-state index contributed by atoms with van der Waals surface area (Å²) in [5.41, 5.74) is 4.67. The van der Waals surface area contributed by atoms with Gasteiger partial charge in [-0.05, 0) is 54.4 Å². The van der Waals surface area contributed by atoms with Crippen molar-refractivity contribution in [2.75, 3.05) is 6.54 Å². The van der Waals surface area contributed by atoms with Crippen LogP contribution in [0.25, 0.3) is 0 Å². The lowest BCUT2D eigenvalue weighted by Gasteiger charge is -2.31. The van der Waals surface area contributed by atoms with Crippen LogP contribution in [0.2, 0.25) is 0 Å². The molecule has 0 aliphatic carbocycles. The summed E-state index contributed by atoms with van der Waals surface area (Å²) in [6.07, 6.45) is 3.64. The first-order valence-electron chi connectivity index (χ1n) is 12.1. The molecule has 0 heterocycles. The third kappa shape index (κ3) is 7.51. The molecule has 1 N–H and O–H groups in total. The van der Waals surface area contributed by atoms with Gasteiger partial charge in [-0.25, -0.2) is 0 Å². The van der Waals surface area contributed by atoms with Crippen LogP contribution in [0.3, 0.4) is 0 Å². The fourth-order valence-electron chi connectivity index (χ4n) is 3.86. The molecule has 0 aliphatic heterocycles. The quantitative estimate of drug-likeness (QED) is 0.429. The predicted molar refractivity (Wildman–Crippen MR) is 133 cm³/mol. The highest BCUT2D eigenvalue weighted by Crippen LogP contribution is 2.19. The van der Waals surface area contributed by atoms with Gasteiger partial charge >= 0.3 is 0 Å². The van der Waals surface area contributed by atoms with Crippen LogP contribution in [0.5, 0.6) is 0 Å². The van der Waals surface area contributed by atoms with E-state index in [2.05, 4.69) is 63.3 Å². The van der Waals surface area contributed by atoms with Crippen LogP contribution in [0.4, 0.5) is 0 Å². The topological polar surface area (TPSA) is 49.4 Å². The van der Waals surface area contributed by atoms with E-state index in [1.165, 1.54) is 5.56 Å². The Morgan fingerprint density at radius 3 is 2.28 bits per heavy atom. The molecule has 174 valence electrons. The third-order valence-electron chi connectivity index (χ3n) is 6.09. The van der Waals surface area contributed by atoms with Gasteiger partial charge in [0.15, 0.2) is 0 Å². The minimum atomic E-state index is -0.456. The molecule has 0 unspecified atom stereocenters. The van der Waals surface area contributed by atoms with Crippen molar-refractivity contribution in [3.8, 4) is 0 Å². The van der Waals surface area contributed by atoms with E-state index in [4.69, 9.17) is 0 Å². The Labute approximate surface area is 194 Å². The summed E-state index contributed by atoms with van der Waals surface area (Å²) in [5, 5.41) is 3.03. The molecular formula is C28H40N2O2. The van der Waals surface area contributed by atoms with Gasteiger partial charge in [0.25, 0.3) is 0 Å². The minimum Gasteiger partial charge on any atom is -0.354 e. The summed E-state index contributed by atoms with van der Waals surface area (Å²) in [6, 6.07) is 16.1. The van der Waals surface area contributed by atoms with Crippen molar-refractivity contribution in [1.82, 2.24) is 10.2 Å². The molecule has 0 bridgehead atoms. The molecular weight excluding hydrogens is 396 g/mol. The average Bonchev–Trinajstić information content (AvgIpc) is 2.79. The number of benzene rings is 2. The maximum atomic E-state index is 13.4. The fraction of sp³-hybridized carbons (Fsp3) is 0.500. The van der Waals surface area contributed by atoms with Gasteiger partial charge in [0.1, 0.15) is 6.04 Å². The maximum Gasteiger partial charge on any atom is 0.242 e. The largest absolute Gasteiger partial charge is 0.354 e. The summed E-state index contributed by atoms with van der Waals surface area (Å²) in [7, 11) is 0. The van der Waals surface area contributed by atoms with Crippen molar-refractivity contribution in [2.24, 2.45) is 0 Å². The number of aryl methyl sites for hydroxylation is 2. The average molecular weight is 437 g/mol. The molecule has 0 saturated carbocycles. The Kier molecular flexibility index (Phi) is 10.5. The smallest absolute Gasteiger partial charge is 0.242 e. The van der Waals surface area contributed by atoms with Crippen LogP contribution in [0.1, 0.15) is 81.5 Å². The number of nitrogens with one attached hydrogen (secondary N) is 1. The van der Waals surface area contributed by atoms with Crippen LogP contribution >= 0.6 is 0 Å². The first kappa shape index (κ1) is 25.6. The second-order valence-corrected chi connectivity index (χ2v) is 8.91. The Morgan fingerprint density at radius 1 is 1.00 bits per heavy atom. The Hall–Kier alpha value is -2.62. The molecule has 0 fully saturated rings. The molecule has 1 atom stereocenters. The van der Waals surface area contributed by atoms with Crippen molar-refractivity contribution in [2.45, 2.75) is 85.2 Å². The van der Waals surface area contributed by atoms with Gasteiger partial charge in [-0.15, -0.1) is 0 Å². The minimum absolute atomic E-state index is 0.0266. The monoisotopic (exact) mass is 436 g/mol. The SMILES string of the molecule is CCCCNC(=O)[C@H](CC)N(Cc1ccccc1C)C(=O)CCc1ccc(C(C)C)cc1. The van der Waals surface area contributed by atoms with Gasteiger partial charge in [-0.1, -0.05) is 82.6 Å². The second kappa shape index (κ2) is 13.0. The van der Waals surface area contributed by atoms with E-state index in [0.29, 0.717) is 38.3 Å². The van der Waals surface area contributed by atoms with Crippen molar-refractivity contribution >= 4 is 11.8 Å². The number of carbonyl (C=O) groups excluding carboxylic acids is 2. The van der Waals surface area contributed by atoms with E-state index >= 15 is 0 Å². The highest BCUT2D eigenvalue weighted by Gasteiger charge is 2.28. The molecule has 2 rings (SSSR count). The number of unbranched alkanes of at least 4 members (excludes halogenated alkanes) is 1. The lowest BCUT2D eigenvalue weighted by molar-refractivity contribution is -0.141. The zero-order chi connectivity index (χ0) is 23.5. The third-order valence-corrected chi connectivity index (χ3v) is 6.09. The molecule has 0 aromatic heterocycles. The van der Waals surface area contributed by atoms with Crippen LogP contribution in [-0.2, 0) is 22.6 Å². The molecule has 2 aromatic carbocycles. The van der Waals surface area contributed by atoms with Crippen molar-refractivity contribution in [3.05, 3.63) is 70.8 Å². The summed E-state index contributed by atoms with van der Waals surface area (Å²) >= 11 is 0. The van der Waals surface area contributed by atoms with Gasteiger partial charge in [0.2, 0.25) is 11.8 Å². The highest BCUT2D eigenvalue weighted by molar-refractivity contribution is 5.87. The van der Waals surface area contributed by atoms with E-state index < -0.39 is 6.04 Å². The molecule has 2 amide bonds. The molecule has 0 aliphatic rings. The van der Waals surface area contributed by atoms with Crippen LogP contribution in [-0.4, -0.2) is 29.3 Å². The number of hydrogen-bond acceptors (Lipinski definition) is 2. The number of hydrogen-bond donors (Lipinski definition) is 1. The van der Waals surface area contributed by atoms with Gasteiger partial charge < -0.3 is 10.2 Å². The number of amides is 2. The van der Waals surface area contributed by atoms with Gasteiger partial charge in [-0.3, -0.25) is 9.59 Å². The van der Waals surface area contributed by atoms with E-state index in [9.17, 15) is 9.59 Å². The fourth-order valence-corrected chi connectivity index (χ4v) is 3.86. The zero-order valence-electron chi connectivity index (χ0n) is 20.5. The highest BCUT2D eigenvalue weighted by atomic mass is 16.2. The molecule has 0 saturated heterocycles. The molecule has 4 nitrogen and oxygen atoms in total. The summed E-state index contributed by atoms with van der Waals surface area (Å²) < 4.78 is 0. The van der Waals surface area contributed by atoms with E-state index in [0.717, 1.165) is 29.5 Å². The zero-order valence-corrected chi connectivity index (χ0v) is 20.5. The van der Waals surface area contributed by atoms with Gasteiger partial charge in [0, 0.05) is 19.5 Å². The first-order chi connectivity index (χ1) is 15.4. The normalized spacial score (nSPS) is 11.9.